The SMILES string of the molecule is OCC1CCN1CC(F)(F)F. The van der Waals surface area contributed by atoms with Gasteiger partial charge in [-0.3, -0.25) is 4.90 Å². The fourth-order valence-electron chi connectivity index (χ4n) is 1.14. The summed E-state index contributed by atoms with van der Waals surface area (Å²) in [5.74, 6) is 0. The Hall–Kier alpha value is -0.290. The maximum absolute atomic E-state index is 11.7. The molecule has 5 heteroatoms. The molecule has 1 aliphatic heterocycles. The minimum Gasteiger partial charge on any atom is -0.395 e. The molecule has 1 rings (SSSR count). The lowest BCUT2D eigenvalue weighted by atomic mass is 10.0. The van der Waals surface area contributed by atoms with Gasteiger partial charge in [0.1, 0.15) is 0 Å². The standard InChI is InChI=1S/C6H10F3NO/c7-6(8,9)4-10-2-1-5(10)3-11/h5,11H,1-4H2. The third-order valence-corrected chi connectivity index (χ3v) is 1.86. The van der Waals surface area contributed by atoms with Crippen LogP contribution in [0.15, 0.2) is 0 Å². The maximum Gasteiger partial charge on any atom is 0.401 e. The summed E-state index contributed by atoms with van der Waals surface area (Å²) in [5, 5.41) is 8.54. The molecular weight excluding hydrogens is 159 g/mol. The molecule has 0 aromatic carbocycles. The highest BCUT2D eigenvalue weighted by Crippen LogP contribution is 2.23. The van der Waals surface area contributed by atoms with Crippen molar-refractivity contribution in [3.05, 3.63) is 0 Å². The Morgan fingerprint density at radius 1 is 1.45 bits per heavy atom. The van der Waals surface area contributed by atoms with Crippen LogP contribution in [0.3, 0.4) is 0 Å². The first kappa shape index (κ1) is 8.80. The zero-order valence-electron chi connectivity index (χ0n) is 5.93. The molecule has 0 amide bonds. The minimum absolute atomic E-state index is 0.171. The number of aliphatic hydroxyl groups excluding tert-OH is 1. The molecule has 0 spiro atoms. The van der Waals surface area contributed by atoms with Crippen molar-refractivity contribution in [3.8, 4) is 0 Å². The molecular formula is C6H10F3NO. The summed E-state index contributed by atoms with van der Waals surface area (Å²) < 4.78 is 35.1. The smallest absolute Gasteiger partial charge is 0.395 e. The van der Waals surface area contributed by atoms with E-state index in [9.17, 15) is 13.2 Å². The van der Waals surface area contributed by atoms with Crippen LogP contribution in [-0.2, 0) is 0 Å². The van der Waals surface area contributed by atoms with E-state index in [1.54, 1.807) is 0 Å². The first-order valence-electron chi connectivity index (χ1n) is 3.44. The zero-order chi connectivity index (χ0) is 8.48. The van der Waals surface area contributed by atoms with Crippen LogP contribution in [0, 0.1) is 0 Å². The summed E-state index contributed by atoms with van der Waals surface area (Å²) in [5.41, 5.74) is 0. The second-order valence-corrected chi connectivity index (χ2v) is 2.71. The van der Waals surface area contributed by atoms with E-state index >= 15 is 0 Å². The minimum atomic E-state index is -4.13. The van der Waals surface area contributed by atoms with E-state index in [1.165, 1.54) is 4.90 Å². The number of hydrogen-bond donors (Lipinski definition) is 1. The quantitative estimate of drug-likeness (QED) is 0.654. The highest BCUT2D eigenvalue weighted by molar-refractivity contribution is 4.83. The van der Waals surface area contributed by atoms with E-state index in [1.807, 2.05) is 0 Å². The Morgan fingerprint density at radius 2 is 2.09 bits per heavy atom. The van der Waals surface area contributed by atoms with Crippen LogP contribution in [0.1, 0.15) is 6.42 Å². The molecule has 0 aliphatic carbocycles. The summed E-state index contributed by atoms with van der Waals surface area (Å²) in [7, 11) is 0. The number of aliphatic hydroxyl groups is 1. The molecule has 1 N–H and O–H groups in total. The molecule has 66 valence electrons. The molecule has 1 aliphatic rings. The Labute approximate surface area is 62.6 Å². The normalized spacial score (nSPS) is 26.7. The molecule has 1 fully saturated rings. The average Bonchev–Trinajstić information content (AvgIpc) is 1.80. The van der Waals surface area contributed by atoms with Gasteiger partial charge >= 0.3 is 6.18 Å². The topological polar surface area (TPSA) is 23.5 Å². The Bertz CT molecular complexity index is 134. The van der Waals surface area contributed by atoms with Crippen molar-refractivity contribution in [2.45, 2.75) is 18.6 Å². The lowest BCUT2D eigenvalue weighted by Gasteiger charge is -2.39. The van der Waals surface area contributed by atoms with Crippen LogP contribution in [0.4, 0.5) is 13.2 Å². The van der Waals surface area contributed by atoms with Gasteiger partial charge in [0.15, 0.2) is 0 Å². The van der Waals surface area contributed by atoms with Crippen molar-refractivity contribution < 1.29 is 18.3 Å². The van der Waals surface area contributed by atoms with Crippen molar-refractivity contribution in [1.29, 1.82) is 0 Å². The zero-order valence-corrected chi connectivity index (χ0v) is 5.93. The fourth-order valence-corrected chi connectivity index (χ4v) is 1.14. The largest absolute Gasteiger partial charge is 0.401 e. The highest BCUT2D eigenvalue weighted by atomic mass is 19.4. The van der Waals surface area contributed by atoms with Crippen molar-refractivity contribution in [2.24, 2.45) is 0 Å². The number of likely N-dealkylation sites (tertiary alicyclic amines) is 1. The van der Waals surface area contributed by atoms with Crippen LogP contribution in [0.25, 0.3) is 0 Å². The van der Waals surface area contributed by atoms with Crippen LogP contribution >= 0.6 is 0 Å². The van der Waals surface area contributed by atoms with Crippen molar-refractivity contribution in [2.75, 3.05) is 19.7 Å². The number of alkyl halides is 3. The first-order valence-corrected chi connectivity index (χ1v) is 3.44. The highest BCUT2D eigenvalue weighted by Gasteiger charge is 2.37. The van der Waals surface area contributed by atoms with Gasteiger partial charge in [0, 0.05) is 12.6 Å². The average molecular weight is 169 g/mol. The monoisotopic (exact) mass is 169 g/mol. The van der Waals surface area contributed by atoms with Crippen molar-refractivity contribution in [3.63, 3.8) is 0 Å². The molecule has 2 nitrogen and oxygen atoms in total. The lowest BCUT2D eigenvalue weighted by Crippen LogP contribution is -2.53. The van der Waals surface area contributed by atoms with Gasteiger partial charge in [0.2, 0.25) is 0 Å². The summed E-state index contributed by atoms with van der Waals surface area (Å²) >= 11 is 0. The van der Waals surface area contributed by atoms with Gasteiger partial charge in [-0.2, -0.15) is 13.2 Å². The van der Waals surface area contributed by atoms with Gasteiger partial charge in [-0.15, -0.1) is 0 Å². The second kappa shape index (κ2) is 2.98. The summed E-state index contributed by atoms with van der Waals surface area (Å²) in [6, 6.07) is -0.267. The molecule has 1 atom stereocenters. The predicted molar refractivity (Wildman–Crippen MR) is 33.1 cm³/mol. The van der Waals surface area contributed by atoms with Gasteiger partial charge in [-0.25, -0.2) is 0 Å². The molecule has 0 aromatic rings. The molecule has 1 unspecified atom stereocenters. The van der Waals surface area contributed by atoms with E-state index in [-0.39, 0.29) is 12.6 Å². The van der Waals surface area contributed by atoms with Gasteiger partial charge < -0.3 is 5.11 Å². The van der Waals surface area contributed by atoms with E-state index in [4.69, 9.17) is 5.11 Å². The number of rotatable bonds is 2. The number of hydrogen-bond acceptors (Lipinski definition) is 2. The molecule has 1 heterocycles. The number of halogens is 3. The molecule has 0 saturated carbocycles. The molecule has 0 bridgehead atoms. The third kappa shape index (κ3) is 2.34. The van der Waals surface area contributed by atoms with Crippen LogP contribution < -0.4 is 0 Å². The summed E-state index contributed by atoms with van der Waals surface area (Å²) in [6.45, 7) is -0.612. The van der Waals surface area contributed by atoms with E-state index in [2.05, 4.69) is 0 Å². The Balaban J connectivity index is 2.27. The van der Waals surface area contributed by atoms with Gasteiger partial charge in [-0.05, 0) is 6.42 Å². The van der Waals surface area contributed by atoms with Crippen LogP contribution in [-0.4, -0.2) is 41.9 Å². The predicted octanol–water partition coefficient (Wildman–Crippen LogP) is 0.615. The Morgan fingerprint density at radius 3 is 2.36 bits per heavy atom. The van der Waals surface area contributed by atoms with E-state index in [0.717, 1.165) is 0 Å². The van der Waals surface area contributed by atoms with Gasteiger partial charge in [0.05, 0.1) is 13.2 Å². The maximum atomic E-state index is 11.7. The number of nitrogens with zero attached hydrogens (tertiary/aromatic N) is 1. The van der Waals surface area contributed by atoms with E-state index in [0.29, 0.717) is 13.0 Å². The molecule has 11 heavy (non-hydrogen) atoms. The summed E-state index contributed by atoms with van der Waals surface area (Å²) in [4.78, 5) is 1.24. The van der Waals surface area contributed by atoms with E-state index < -0.39 is 12.7 Å². The van der Waals surface area contributed by atoms with Crippen molar-refractivity contribution in [1.82, 2.24) is 4.90 Å². The lowest BCUT2D eigenvalue weighted by molar-refractivity contribution is -0.164. The van der Waals surface area contributed by atoms with Gasteiger partial charge in [0.25, 0.3) is 0 Å². The Kier molecular flexibility index (Phi) is 2.39. The second-order valence-electron chi connectivity index (χ2n) is 2.71. The third-order valence-electron chi connectivity index (χ3n) is 1.86. The van der Waals surface area contributed by atoms with Gasteiger partial charge in [-0.1, -0.05) is 0 Å². The fraction of sp³-hybridized carbons (Fsp3) is 1.00. The van der Waals surface area contributed by atoms with Crippen molar-refractivity contribution >= 4 is 0 Å². The molecule has 1 saturated heterocycles. The molecule has 0 aromatic heterocycles. The summed E-state index contributed by atoms with van der Waals surface area (Å²) in [6.07, 6.45) is -3.46. The first-order chi connectivity index (χ1) is 5.03. The van der Waals surface area contributed by atoms with Crippen LogP contribution in [0.5, 0.6) is 0 Å². The van der Waals surface area contributed by atoms with Crippen LogP contribution in [0.2, 0.25) is 0 Å². The molecule has 0 radical (unpaired) electrons.